The third-order valence-corrected chi connectivity index (χ3v) is 3.12. The first-order chi connectivity index (χ1) is 8.54. The van der Waals surface area contributed by atoms with Gasteiger partial charge in [0.15, 0.2) is 0 Å². The Balaban J connectivity index is 2.15. The van der Waals surface area contributed by atoms with Crippen molar-refractivity contribution in [3.8, 4) is 0 Å². The van der Waals surface area contributed by atoms with Crippen LogP contribution in [0.15, 0.2) is 41.0 Å². The number of halogens is 3. The van der Waals surface area contributed by atoms with Crippen molar-refractivity contribution in [1.82, 2.24) is 4.98 Å². The minimum atomic E-state index is -0.782. The van der Waals surface area contributed by atoms with E-state index < -0.39 is 6.10 Å². The van der Waals surface area contributed by atoms with Crippen LogP contribution in [0.1, 0.15) is 17.4 Å². The highest BCUT2D eigenvalue weighted by Gasteiger charge is 2.11. The quantitative estimate of drug-likeness (QED) is 0.925. The third kappa shape index (κ3) is 3.51. The molecule has 1 atom stereocenters. The number of hydrogen-bond acceptors (Lipinski definition) is 2. The van der Waals surface area contributed by atoms with Crippen LogP contribution in [0.25, 0.3) is 0 Å². The van der Waals surface area contributed by atoms with Gasteiger partial charge in [0.1, 0.15) is 5.82 Å². The van der Waals surface area contributed by atoms with Gasteiger partial charge in [-0.05, 0) is 35.9 Å². The average Bonchev–Trinajstić information content (AvgIpc) is 2.28. The molecule has 2 aromatic rings. The molecule has 5 heteroatoms. The first-order valence-electron chi connectivity index (χ1n) is 5.29. The van der Waals surface area contributed by atoms with E-state index in [0.29, 0.717) is 27.2 Å². The van der Waals surface area contributed by atoms with E-state index >= 15 is 0 Å². The highest BCUT2D eigenvalue weighted by atomic mass is 79.9. The van der Waals surface area contributed by atoms with Crippen LogP contribution in [0.2, 0.25) is 5.02 Å². The molecule has 0 spiro atoms. The summed E-state index contributed by atoms with van der Waals surface area (Å²) in [6, 6.07) is 7.85. The van der Waals surface area contributed by atoms with Crippen molar-refractivity contribution >= 4 is 27.5 Å². The summed E-state index contributed by atoms with van der Waals surface area (Å²) in [5, 5.41) is 10.5. The second kappa shape index (κ2) is 5.78. The van der Waals surface area contributed by atoms with E-state index in [1.165, 1.54) is 18.3 Å². The van der Waals surface area contributed by atoms with Crippen LogP contribution < -0.4 is 0 Å². The molecule has 0 fully saturated rings. The Kier molecular flexibility index (Phi) is 4.32. The number of aliphatic hydroxyl groups excluding tert-OH is 1. The maximum Gasteiger partial charge on any atom is 0.124 e. The van der Waals surface area contributed by atoms with Gasteiger partial charge in [-0.3, -0.25) is 4.98 Å². The van der Waals surface area contributed by atoms with Crippen LogP contribution in [0.4, 0.5) is 4.39 Å². The molecule has 2 nitrogen and oxygen atoms in total. The van der Waals surface area contributed by atoms with Crippen LogP contribution in [-0.2, 0) is 6.42 Å². The Hall–Kier alpha value is -0.970. The fraction of sp³-hybridized carbons (Fsp3) is 0.154. The SMILES string of the molecule is OC(Cc1cc(F)cc(Br)c1)c1ccc(Cl)cn1. The van der Waals surface area contributed by atoms with Crippen molar-refractivity contribution in [2.45, 2.75) is 12.5 Å². The van der Waals surface area contributed by atoms with Crippen molar-refractivity contribution in [2.24, 2.45) is 0 Å². The van der Waals surface area contributed by atoms with E-state index in [4.69, 9.17) is 11.6 Å². The van der Waals surface area contributed by atoms with Crippen molar-refractivity contribution in [3.63, 3.8) is 0 Å². The molecule has 0 aliphatic carbocycles. The van der Waals surface area contributed by atoms with Crippen LogP contribution in [0, 0.1) is 5.82 Å². The Bertz CT molecular complexity index is 527. The van der Waals surface area contributed by atoms with Gasteiger partial charge in [-0.15, -0.1) is 0 Å². The molecule has 0 amide bonds. The first kappa shape index (κ1) is 13.5. The van der Waals surface area contributed by atoms with E-state index in [0.717, 1.165) is 0 Å². The molecule has 0 saturated carbocycles. The molecule has 1 aromatic heterocycles. The second-order valence-corrected chi connectivity index (χ2v) is 5.25. The standard InChI is InChI=1S/C13H10BrClFNO/c14-9-3-8(4-11(16)6-9)5-13(18)12-2-1-10(15)7-17-12/h1-4,6-7,13,18H,5H2. The Morgan fingerprint density at radius 1 is 1.33 bits per heavy atom. The minimum Gasteiger partial charge on any atom is -0.386 e. The average molecular weight is 331 g/mol. The number of benzene rings is 1. The summed E-state index contributed by atoms with van der Waals surface area (Å²) in [5.74, 6) is -0.337. The zero-order chi connectivity index (χ0) is 13.1. The van der Waals surface area contributed by atoms with Crippen LogP contribution in [-0.4, -0.2) is 10.1 Å². The largest absolute Gasteiger partial charge is 0.386 e. The molecule has 1 unspecified atom stereocenters. The summed E-state index contributed by atoms with van der Waals surface area (Å²) in [6.45, 7) is 0. The molecule has 1 heterocycles. The van der Waals surface area contributed by atoms with Crippen LogP contribution >= 0.6 is 27.5 Å². The lowest BCUT2D eigenvalue weighted by molar-refractivity contribution is 0.173. The normalized spacial score (nSPS) is 12.4. The molecular formula is C13H10BrClFNO. The fourth-order valence-corrected chi connectivity index (χ4v) is 2.27. The predicted molar refractivity (Wildman–Crippen MR) is 72.0 cm³/mol. The Morgan fingerprint density at radius 2 is 2.11 bits per heavy atom. The Labute approximate surface area is 118 Å². The van der Waals surface area contributed by atoms with Gasteiger partial charge in [-0.25, -0.2) is 4.39 Å². The van der Waals surface area contributed by atoms with Crippen molar-refractivity contribution in [2.75, 3.05) is 0 Å². The van der Waals surface area contributed by atoms with E-state index in [9.17, 15) is 9.50 Å². The van der Waals surface area contributed by atoms with Crippen molar-refractivity contribution in [3.05, 3.63) is 63.1 Å². The molecule has 0 bridgehead atoms. The number of hydrogen-bond donors (Lipinski definition) is 1. The zero-order valence-corrected chi connectivity index (χ0v) is 11.6. The predicted octanol–water partition coefficient (Wildman–Crippen LogP) is 3.91. The lowest BCUT2D eigenvalue weighted by atomic mass is 10.1. The van der Waals surface area contributed by atoms with Gasteiger partial charge in [0, 0.05) is 17.1 Å². The lowest BCUT2D eigenvalue weighted by Gasteiger charge is -2.10. The smallest absolute Gasteiger partial charge is 0.124 e. The third-order valence-electron chi connectivity index (χ3n) is 2.44. The molecule has 0 saturated heterocycles. The first-order valence-corrected chi connectivity index (χ1v) is 6.46. The summed E-state index contributed by atoms with van der Waals surface area (Å²) in [5.41, 5.74) is 1.21. The highest BCUT2D eigenvalue weighted by Crippen LogP contribution is 2.21. The summed E-state index contributed by atoms with van der Waals surface area (Å²) in [6.07, 6.45) is 0.989. The number of nitrogens with zero attached hydrogens (tertiary/aromatic N) is 1. The van der Waals surface area contributed by atoms with Crippen molar-refractivity contribution < 1.29 is 9.50 Å². The number of pyridine rings is 1. The number of aromatic nitrogens is 1. The maximum atomic E-state index is 13.2. The molecule has 0 radical (unpaired) electrons. The number of rotatable bonds is 3. The molecule has 94 valence electrons. The molecule has 18 heavy (non-hydrogen) atoms. The zero-order valence-electron chi connectivity index (χ0n) is 9.28. The molecule has 0 aliphatic heterocycles. The second-order valence-electron chi connectivity index (χ2n) is 3.90. The molecular weight excluding hydrogens is 321 g/mol. The molecule has 0 aliphatic rings. The van der Waals surface area contributed by atoms with E-state index in [1.54, 1.807) is 18.2 Å². The van der Waals surface area contributed by atoms with E-state index in [2.05, 4.69) is 20.9 Å². The van der Waals surface area contributed by atoms with Gasteiger partial charge in [0.2, 0.25) is 0 Å². The number of aliphatic hydroxyl groups is 1. The molecule has 2 rings (SSSR count). The topological polar surface area (TPSA) is 33.1 Å². The van der Waals surface area contributed by atoms with E-state index in [-0.39, 0.29) is 5.82 Å². The summed E-state index contributed by atoms with van der Waals surface area (Å²) < 4.78 is 13.8. The van der Waals surface area contributed by atoms with Gasteiger partial charge in [-0.2, -0.15) is 0 Å². The van der Waals surface area contributed by atoms with Crippen LogP contribution in [0.5, 0.6) is 0 Å². The van der Waals surface area contributed by atoms with Gasteiger partial charge in [0.25, 0.3) is 0 Å². The van der Waals surface area contributed by atoms with Gasteiger partial charge in [-0.1, -0.05) is 27.5 Å². The van der Waals surface area contributed by atoms with Crippen molar-refractivity contribution in [1.29, 1.82) is 0 Å². The highest BCUT2D eigenvalue weighted by molar-refractivity contribution is 9.10. The minimum absolute atomic E-state index is 0.297. The van der Waals surface area contributed by atoms with Crippen LogP contribution in [0.3, 0.4) is 0 Å². The molecule has 1 aromatic carbocycles. The van der Waals surface area contributed by atoms with Gasteiger partial charge in [0.05, 0.1) is 16.8 Å². The lowest BCUT2D eigenvalue weighted by Crippen LogP contribution is -2.04. The maximum absolute atomic E-state index is 13.2. The fourth-order valence-electron chi connectivity index (χ4n) is 1.64. The Morgan fingerprint density at radius 3 is 2.72 bits per heavy atom. The molecule has 1 N–H and O–H groups in total. The van der Waals surface area contributed by atoms with E-state index in [1.807, 2.05) is 0 Å². The summed E-state index contributed by atoms with van der Waals surface area (Å²) in [7, 11) is 0. The van der Waals surface area contributed by atoms with Gasteiger partial charge < -0.3 is 5.11 Å². The van der Waals surface area contributed by atoms with Gasteiger partial charge >= 0.3 is 0 Å². The monoisotopic (exact) mass is 329 g/mol. The summed E-state index contributed by atoms with van der Waals surface area (Å²) >= 11 is 8.93. The summed E-state index contributed by atoms with van der Waals surface area (Å²) in [4.78, 5) is 4.03.